The molecule has 0 aromatic carbocycles. The third-order valence-electron chi connectivity index (χ3n) is 6.77. The van der Waals surface area contributed by atoms with Crippen LogP contribution in [0.2, 0.25) is 0 Å². The number of urea groups is 1. The zero-order chi connectivity index (χ0) is 23.4. The first-order valence-corrected chi connectivity index (χ1v) is 12.2. The minimum atomic E-state index is -0.888. The Hall–Kier alpha value is -3.07. The lowest BCUT2D eigenvalue weighted by atomic mass is 9.75. The molecule has 4 heterocycles. The van der Waals surface area contributed by atoms with Crippen molar-refractivity contribution in [2.75, 3.05) is 19.6 Å². The summed E-state index contributed by atoms with van der Waals surface area (Å²) in [6.45, 7) is 5.36. The number of imide groups is 1. The Morgan fingerprint density at radius 2 is 2.12 bits per heavy atom. The molecule has 1 atom stereocenters. The van der Waals surface area contributed by atoms with Gasteiger partial charge in [-0.2, -0.15) is 0 Å². The van der Waals surface area contributed by atoms with Crippen molar-refractivity contribution >= 4 is 35.3 Å². The predicted octanol–water partition coefficient (Wildman–Crippen LogP) is 3.04. The van der Waals surface area contributed by atoms with Crippen LogP contribution >= 0.6 is 11.3 Å². The van der Waals surface area contributed by atoms with Gasteiger partial charge in [-0.15, -0.1) is 11.3 Å². The summed E-state index contributed by atoms with van der Waals surface area (Å²) in [6.07, 6.45) is 9.23. The van der Waals surface area contributed by atoms with Crippen LogP contribution in [-0.2, 0) is 16.0 Å². The number of thiazole rings is 1. The normalized spacial score (nSPS) is 21.8. The molecule has 4 rings (SSSR count). The summed E-state index contributed by atoms with van der Waals surface area (Å²) < 4.78 is 0. The second kappa shape index (κ2) is 9.82. The lowest BCUT2D eigenvalue weighted by Crippen LogP contribution is -2.56. The first-order valence-electron chi connectivity index (χ1n) is 11.3. The highest BCUT2D eigenvalue weighted by atomic mass is 32.1. The van der Waals surface area contributed by atoms with Gasteiger partial charge in [0.15, 0.2) is 0 Å². The van der Waals surface area contributed by atoms with Crippen molar-refractivity contribution in [3.63, 3.8) is 0 Å². The summed E-state index contributed by atoms with van der Waals surface area (Å²) in [5, 5.41) is 3.02. The number of carbonyl (C=O) groups excluding carboxylic acids is 3. The van der Waals surface area contributed by atoms with Gasteiger partial charge >= 0.3 is 6.03 Å². The molecule has 2 saturated heterocycles. The molecule has 8 nitrogen and oxygen atoms in total. The molecule has 2 aliphatic heterocycles. The summed E-state index contributed by atoms with van der Waals surface area (Å²) in [7, 11) is 0. The van der Waals surface area contributed by atoms with Gasteiger partial charge in [-0.25, -0.2) is 9.78 Å². The third-order valence-corrected chi connectivity index (χ3v) is 7.77. The molecule has 0 radical (unpaired) electrons. The molecule has 33 heavy (non-hydrogen) atoms. The number of likely N-dealkylation sites (tertiary alicyclic amines) is 1. The number of nitrogens with one attached hydrogen (secondary N) is 1. The fourth-order valence-electron chi connectivity index (χ4n) is 4.77. The topological polar surface area (TPSA) is 95.5 Å². The molecule has 2 aromatic heterocycles. The van der Waals surface area contributed by atoms with E-state index in [2.05, 4.69) is 15.3 Å². The summed E-state index contributed by atoms with van der Waals surface area (Å²) >= 11 is 1.55. The average Bonchev–Trinajstić information content (AvgIpc) is 3.36. The maximum Gasteiger partial charge on any atom is 0.325 e. The van der Waals surface area contributed by atoms with Crippen molar-refractivity contribution in [2.45, 2.75) is 45.1 Å². The van der Waals surface area contributed by atoms with Gasteiger partial charge in [0.25, 0.3) is 5.91 Å². The minimum Gasteiger partial charge on any atom is -0.339 e. The van der Waals surface area contributed by atoms with Gasteiger partial charge in [0, 0.05) is 49.4 Å². The number of aryl methyl sites for hydroxylation is 1. The minimum absolute atomic E-state index is 0.000411. The standard InChI is InChI=1S/C24H29N5O3S/c1-3-24(22(31)29(23(32)27-24)14-10-20-17(2)26-16-33-20)19-8-12-28(13-9-19)21(30)7-6-18-5-4-11-25-15-18/h4-7,11,15-16,19H,3,8-10,12-14H2,1-2H3,(H,27,32)/b7-6+. The van der Waals surface area contributed by atoms with Crippen LogP contribution in [0.15, 0.2) is 36.1 Å². The number of aromatic nitrogens is 2. The molecule has 0 aliphatic carbocycles. The van der Waals surface area contributed by atoms with Crippen LogP contribution < -0.4 is 5.32 Å². The van der Waals surface area contributed by atoms with E-state index in [1.807, 2.05) is 26.0 Å². The second-order valence-electron chi connectivity index (χ2n) is 8.54. The molecule has 2 fully saturated rings. The van der Waals surface area contributed by atoms with Gasteiger partial charge in [0.2, 0.25) is 5.91 Å². The molecule has 174 valence electrons. The van der Waals surface area contributed by atoms with E-state index in [1.165, 1.54) is 4.90 Å². The highest BCUT2D eigenvalue weighted by Gasteiger charge is 2.54. The maximum absolute atomic E-state index is 13.4. The van der Waals surface area contributed by atoms with Crippen molar-refractivity contribution in [1.82, 2.24) is 25.1 Å². The number of rotatable bonds is 7. The maximum atomic E-state index is 13.4. The number of carbonyl (C=O) groups is 3. The van der Waals surface area contributed by atoms with Crippen molar-refractivity contribution in [3.05, 3.63) is 52.2 Å². The Labute approximate surface area is 197 Å². The average molecular weight is 468 g/mol. The second-order valence-corrected chi connectivity index (χ2v) is 9.48. The number of hydrogen-bond acceptors (Lipinski definition) is 6. The largest absolute Gasteiger partial charge is 0.339 e. The van der Waals surface area contributed by atoms with Gasteiger partial charge in [-0.05, 0) is 49.8 Å². The number of amides is 4. The van der Waals surface area contributed by atoms with E-state index < -0.39 is 5.54 Å². The van der Waals surface area contributed by atoms with E-state index in [4.69, 9.17) is 0 Å². The molecule has 0 saturated carbocycles. The molecule has 0 spiro atoms. The predicted molar refractivity (Wildman–Crippen MR) is 126 cm³/mol. The van der Waals surface area contributed by atoms with Crippen molar-refractivity contribution < 1.29 is 14.4 Å². The molecule has 9 heteroatoms. The van der Waals surface area contributed by atoms with Crippen LogP contribution in [0.1, 0.15) is 42.3 Å². The smallest absolute Gasteiger partial charge is 0.325 e. The Kier molecular flexibility index (Phi) is 6.88. The highest BCUT2D eigenvalue weighted by molar-refractivity contribution is 7.09. The van der Waals surface area contributed by atoms with Gasteiger partial charge in [0.1, 0.15) is 5.54 Å². The van der Waals surface area contributed by atoms with Gasteiger partial charge < -0.3 is 10.2 Å². The molecular weight excluding hydrogens is 438 g/mol. The molecular formula is C24H29N5O3S. The van der Waals surface area contributed by atoms with Crippen LogP contribution in [0.3, 0.4) is 0 Å². The van der Waals surface area contributed by atoms with E-state index in [1.54, 1.807) is 46.3 Å². The van der Waals surface area contributed by atoms with Gasteiger partial charge in [0.05, 0.1) is 11.2 Å². The first-order chi connectivity index (χ1) is 15.9. The SMILES string of the molecule is CCC1(C2CCN(C(=O)/C=C/c3cccnc3)CC2)NC(=O)N(CCc2scnc2C)C1=O. The number of nitrogens with zero attached hydrogens (tertiary/aromatic N) is 4. The Bertz CT molecular complexity index is 1050. The van der Waals surface area contributed by atoms with Crippen molar-refractivity contribution in [1.29, 1.82) is 0 Å². The van der Waals surface area contributed by atoms with E-state index >= 15 is 0 Å². The summed E-state index contributed by atoms with van der Waals surface area (Å²) in [4.78, 5) is 51.3. The van der Waals surface area contributed by atoms with Crippen LogP contribution in [0.4, 0.5) is 4.79 Å². The Balaban J connectivity index is 1.37. The zero-order valence-corrected chi connectivity index (χ0v) is 19.8. The molecule has 1 N–H and O–H groups in total. The zero-order valence-electron chi connectivity index (χ0n) is 19.0. The highest BCUT2D eigenvalue weighted by Crippen LogP contribution is 2.36. The van der Waals surface area contributed by atoms with Crippen LogP contribution in [0, 0.1) is 12.8 Å². The van der Waals surface area contributed by atoms with Crippen molar-refractivity contribution in [2.24, 2.45) is 5.92 Å². The monoisotopic (exact) mass is 467 g/mol. The number of piperidine rings is 1. The van der Waals surface area contributed by atoms with E-state index in [-0.39, 0.29) is 23.8 Å². The van der Waals surface area contributed by atoms with Crippen molar-refractivity contribution in [3.8, 4) is 0 Å². The van der Waals surface area contributed by atoms with Crippen LogP contribution in [0.25, 0.3) is 6.08 Å². The van der Waals surface area contributed by atoms with Gasteiger partial charge in [-0.1, -0.05) is 13.0 Å². The van der Waals surface area contributed by atoms with E-state index in [0.29, 0.717) is 45.3 Å². The van der Waals surface area contributed by atoms with Crippen LogP contribution in [0.5, 0.6) is 0 Å². The Morgan fingerprint density at radius 3 is 2.76 bits per heavy atom. The number of hydrogen-bond donors (Lipinski definition) is 1. The summed E-state index contributed by atoms with van der Waals surface area (Å²) in [5.74, 6) is -0.190. The lowest BCUT2D eigenvalue weighted by Gasteiger charge is -2.40. The lowest BCUT2D eigenvalue weighted by molar-refractivity contribution is -0.135. The van der Waals surface area contributed by atoms with Crippen LogP contribution in [-0.4, -0.2) is 62.8 Å². The molecule has 4 amide bonds. The fourth-order valence-corrected chi connectivity index (χ4v) is 5.54. The third kappa shape index (κ3) is 4.68. The molecule has 2 aliphatic rings. The van der Waals surface area contributed by atoms with E-state index in [9.17, 15) is 14.4 Å². The Morgan fingerprint density at radius 1 is 1.33 bits per heavy atom. The van der Waals surface area contributed by atoms with E-state index in [0.717, 1.165) is 16.1 Å². The first kappa shape index (κ1) is 23.1. The molecule has 2 aromatic rings. The quantitative estimate of drug-likeness (QED) is 0.499. The van der Waals surface area contributed by atoms with Gasteiger partial charge in [-0.3, -0.25) is 19.5 Å². The molecule has 0 bridgehead atoms. The molecule has 1 unspecified atom stereocenters. The summed E-state index contributed by atoms with van der Waals surface area (Å²) in [5.41, 5.74) is 2.72. The summed E-state index contributed by atoms with van der Waals surface area (Å²) in [6, 6.07) is 3.40. The number of pyridine rings is 1. The fraction of sp³-hybridized carbons (Fsp3) is 0.458.